The second-order valence-corrected chi connectivity index (χ2v) is 5.56. The Labute approximate surface area is 124 Å². The lowest BCUT2D eigenvalue weighted by Gasteiger charge is -2.20. The van der Waals surface area contributed by atoms with Crippen molar-refractivity contribution in [1.82, 2.24) is 5.32 Å². The Morgan fingerprint density at radius 1 is 1.00 bits per heavy atom. The Hall–Kier alpha value is -1.12. The number of benzene rings is 2. The number of rotatable bonds is 5. The molecular formula is C17H20BrN. The van der Waals surface area contributed by atoms with Gasteiger partial charge in [-0.2, -0.15) is 0 Å². The molecule has 0 bridgehead atoms. The Morgan fingerprint density at radius 2 is 1.68 bits per heavy atom. The Balaban J connectivity index is 2.38. The summed E-state index contributed by atoms with van der Waals surface area (Å²) in [7, 11) is 0. The van der Waals surface area contributed by atoms with Crippen LogP contribution in [0.1, 0.15) is 36.6 Å². The molecular weight excluding hydrogens is 298 g/mol. The van der Waals surface area contributed by atoms with Crippen LogP contribution >= 0.6 is 15.9 Å². The fourth-order valence-electron chi connectivity index (χ4n) is 2.31. The van der Waals surface area contributed by atoms with Crippen molar-refractivity contribution in [2.45, 2.75) is 26.3 Å². The predicted octanol–water partition coefficient (Wildman–Crippen LogP) is 4.71. The fourth-order valence-corrected chi connectivity index (χ4v) is 2.73. The van der Waals surface area contributed by atoms with Gasteiger partial charge in [0, 0.05) is 4.47 Å². The van der Waals surface area contributed by atoms with Gasteiger partial charge in [0.1, 0.15) is 0 Å². The van der Waals surface area contributed by atoms with Gasteiger partial charge in [-0.05, 0) is 41.8 Å². The third-order valence-electron chi connectivity index (χ3n) is 3.28. The maximum Gasteiger partial charge on any atom is 0.0577 e. The maximum absolute atomic E-state index is 3.57. The zero-order chi connectivity index (χ0) is 13.7. The molecule has 0 aliphatic heterocycles. The summed E-state index contributed by atoms with van der Waals surface area (Å²) in [5, 5.41) is 3.57. The molecule has 0 aliphatic rings. The van der Waals surface area contributed by atoms with Crippen LogP contribution in [-0.4, -0.2) is 6.54 Å². The van der Waals surface area contributed by atoms with E-state index >= 15 is 0 Å². The van der Waals surface area contributed by atoms with E-state index in [1.807, 2.05) is 0 Å². The third kappa shape index (κ3) is 3.68. The SMILES string of the molecule is CCNC(c1cccc(Br)c1)c1cccc(CC)c1. The number of aryl methyl sites for hydroxylation is 1. The highest BCUT2D eigenvalue weighted by atomic mass is 79.9. The third-order valence-corrected chi connectivity index (χ3v) is 3.78. The fraction of sp³-hybridized carbons (Fsp3) is 0.294. The molecule has 2 rings (SSSR count). The molecule has 2 aromatic rings. The quantitative estimate of drug-likeness (QED) is 0.842. The van der Waals surface area contributed by atoms with Crippen molar-refractivity contribution < 1.29 is 0 Å². The summed E-state index contributed by atoms with van der Waals surface area (Å²) < 4.78 is 1.12. The summed E-state index contributed by atoms with van der Waals surface area (Å²) >= 11 is 3.55. The molecule has 0 amide bonds. The molecule has 1 N–H and O–H groups in total. The molecule has 100 valence electrons. The van der Waals surface area contributed by atoms with Gasteiger partial charge in [-0.15, -0.1) is 0 Å². The van der Waals surface area contributed by atoms with Crippen molar-refractivity contribution in [3.8, 4) is 0 Å². The van der Waals surface area contributed by atoms with Gasteiger partial charge in [0.25, 0.3) is 0 Å². The van der Waals surface area contributed by atoms with E-state index in [0.29, 0.717) is 0 Å². The first kappa shape index (κ1) is 14.3. The van der Waals surface area contributed by atoms with Crippen LogP contribution in [0.2, 0.25) is 0 Å². The van der Waals surface area contributed by atoms with Gasteiger partial charge >= 0.3 is 0 Å². The van der Waals surface area contributed by atoms with Crippen molar-refractivity contribution in [2.24, 2.45) is 0 Å². The van der Waals surface area contributed by atoms with E-state index in [2.05, 4.69) is 83.6 Å². The van der Waals surface area contributed by atoms with Gasteiger partial charge in [-0.3, -0.25) is 0 Å². The minimum absolute atomic E-state index is 0.258. The molecule has 0 aliphatic carbocycles. The number of hydrogen-bond donors (Lipinski definition) is 1. The molecule has 19 heavy (non-hydrogen) atoms. The van der Waals surface area contributed by atoms with Gasteiger partial charge in [0.05, 0.1) is 6.04 Å². The molecule has 1 unspecified atom stereocenters. The lowest BCUT2D eigenvalue weighted by molar-refractivity contribution is 0.630. The minimum Gasteiger partial charge on any atom is -0.307 e. The summed E-state index contributed by atoms with van der Waals surface area (Å²) in [6, 6.07) is 17.6. The topological polar surface area (TPSA) is 12.0 Å². The molecule has 0 aromatic heterocycles. The first-order valence-corrected chi connectivity index (χ1v) is 7.61. The highest BCUT2D eigenvalue weighted by Crippen LogP contribution is 2.25. The summed E-state index contributed by atoms with van der Waals surface area (Å²) in [4.78, 5) is 0. The van der Waals surface area contributed by atoms with Crippen molar-refractivity contribution in [2.75, 3.05) is 6.54 Å². The van der Waals surface area contributed by atoms with Gasteiger partial charge < -0.3 is 5.32 Å². The standard InChI is InChI=1S/C17H20BrN/c1-3-13-7-5-8-14(11-13)17(19-4-2)15-9-6-10-16(18)12-15/h5-12,17,19H,3-4H2,1-2H3. The average molecular weight is 318 g/mol. The predicted molar refractivity (Wildman–Crippen MR) is 85.5 cm³/mol. The number of halogens is 1. The molecule has 1 atom stereocenters. The second-order valence-electron chi connectivity index (χ2n) is 4.64. The zero-order valence-corrected chi connectivity index (χ0v) is 13.1. The summed E-state index contributed by atoms with van der Waals surface area (Å²) in [6.07, 6.45) is 1.07. The van der Waals surface area contributed by atoms with Crippen LogP contribution in [0.4, 0.5) is 0 Å². The molecule has 0 spiro atoms. The van der Waals surface area contributed by atoms with Crippen molar-refractivity contribution in [1.29, 1.82) is 0 Å². The first-order chi connectivity index (χ1) is 9.24. The summed E-state index contributed by atoms with van der Waals surface area (Å²) in [5.74, 6) is 0. The van der Waals surface area contributed by atoms with E-state index in [4.69, 9.17) is 0 Å². The molecule has 0 saturated heterocycles. The Bertz CT molecular complexity index is 536. The molecule has 2 aromatic carbocycles. The Kier molecular flexibility index (Phi) is 5.17. The lowest BCUT2D eigenvalue weighted by Crippen LogP contribution is -2.22. The molecule has 0 saturated carbocycles. The van der Waals surface area contributed by atoms with Crippen molar-refractivity contribution in [3.05, 3.63) is 69.7 Å². The van der Waals surface area contributed by atoms with E-state index in [0.717, 1.165) is 17.4 Å². The van der Waals surface area contributed by atoms with Gasteiger partial charge in [-0.25, -0.2) is 0 Å². The monoisotopic (exact) mass is 317 g/mol. The minimum atomic E-state index is 0.258. The van der Waals surface area contributed by atoms with Crippen LogP contribution in [0.5, 0.6) is 0 Å². The van der Waals surface area contributed by atoms with Crippen LogP contribution in [0.15, 0.2) is 53.0 Å². The van der Waals surface area contributed by atoms with Crippen molar-refractivity contribution in [3.63, 3.8) is 0 Å². The Morgan fingerprint density at radius 3 is 2.32 bits per heavy atom. The van der Waals surface area contributed by atoms with E-state index in [9.17, 15) is 0 Å². The summed E-state index contributed by atoms with van der Waals surface area (Å²) in [6.45, 7) is 5.29. The largest absolute Gasteiger partial charge is 0.307 e. The highest BCUT2D eigenvalue weighted by molar-refractivity contribution is 9.10. The molecule has 1 nitrogen and oxygen atoms in total. The van der Waals surface area contributed by atoms with E-state index in [1.165, 1.54) is 16.7 Å². The number of hydrogen-bond acceptors (Lipinski definition) is 1. The van der Waals surface area contributed by atoms with Gasteiger partial charge in [0.15, 0.2) is 0 Å². The molecule has 0 radical (unpaired) electrons. The smallest absolute Gasteiger partial charge is 0.0577 e. The van der Waals surface area contributed by atoms with Crippen LogP contribution in [-0.2, 0) is 6.42 Å². The van der Waals surface area contributed by atoms with Crippen LogP contribution in [0.25, 0.3) is 0 Å². The maximum atomic E-state index is 3.57. The number of nitrogens with one attached hydrogen (secondary N) is 1. The van der Waals surface area contributed by atoms with Crippen molar-refractivity contribution >= 4 is 15.9 Å². The summed E-state index contributed by atoms with van der Waals surface area (Å²) in [5.41, 5.74) is 4.01. The van der Waals surface area contributed by atoms with E-state index in [-0.39, 0.29) is 6.04 Å². The normalized spacial score (nSPS) is 12.4. The molecule has 0 fully saturated rings. The first-order valence-electron chi connectivity index (χ1n) is 6.82. The molecule has 0 heterocycles. The van der Waals surface area contributed by atoms with Gasteiger partial charge in [-0.1, -0.05) is 66.2 Å². The highest BCUT2D eigenvalue weighted by Gasteiger charge is 2.13. The van der Waals surface area contributed by atoms with Crippen LogP contribution in [0.3, 0.4) is 0 Å². The molecule has 2 heteroatoms. The van der Waals surface area contributed by atoms with Crippen LogP contribution in [0, 0.1) is 0 Å². The average Bonchev–Trinajstić information content (AvgIpc) is 2.45. The van der Waals surface area contributed by atoms with E-state index in [1.54, 1.807) is 0 Å². The van der Waals surface area contributed by atoms with Gasteiger partial charge in [0.2, 0.25) is 0 Å². The van der Waals surface area contributed by atoms with Crippen LogP contribution < -0.4 is 5.32 Å². The zero-order valence-electron chi connectivity index (χ0n) is 11.5. The lowest BCUT2D eigenvalue weighted by atomic mass is 9.96. The second kappa shape index (κ2) is 6.88. The van der Waals surface area contributed by atoms with E-state index < -0.39 is 0 Å².